The van der Waals surface area contributed by atoms with Crippen molar-refractivity contribution in [3.63, 3.8) is 0 Å². The second-order valence-electron chi connectivity index (χ2n) is 6.86. The molecule has 1 heterocycles. The number of aliphatic carboxylic acids is 1. The van der Waals surface area contributed by atoms with E-state index >= 15 is 0 Å². The minimum atomic E-state index is -3.41. The summed E-state index contributed by atoms with van der Waals surface area (Å²) in [4.78, 5) is 11.1. The molecule has 0 aromatic rings. The van der Waals surface area contributed by atoms with E-state index in [4.69, 9.17) is 9.84 Å². The minimum Gasteiger partial charge on any atom is -0.481 e. The third kappa shape index (κ3) is 4.43. The van der Waals surface area contributed by atoms with Crippen LogP contribution in [0.2, 0.25) is 0 Å². The molecule has 3 atom stereocenters. The highest BCUT2D eigenvalue weighted by Gasteiger charge is 2.40. The van der Waals surface area contributed by atoms with Gasteiger partial charge in [-0.25, -0.2) is 12.7 Å². The molecular formula is C15H27NO5S. The maximum absolute atomic E-state index is 12.4. The molecule has 2 aliphatic rings. The van der Waals surface area contributed by atoms with Crippen molar-refractivity contribution < 1.29 is 23.1 Å². The van der Waals surface area contributed by atoms with E-state index in [9.17, 15) is 13.2 Å². The summed E-state index contributed by atoms with van der Waals surface area (Å²) in [7, 11) is -3.41. The van der Waals surface area contributed by atoms with Gasteiger partial charge in [0, 0.05) is 13.1 Å². The van der Waals surface area contributed by atoms with Crippen LogP contribution in [-0.2, 0) is 19.6 Å². The predicted molar refractivity (Wildman–Crippen MR) is 83.0 cm³/mol. The van der Waals surface area contributed by atoms with Crippen molar-refractivity contribution in [2.45, 2.75) is 45.6 Å². The Balaban J connectivity index is 1.83. The zero-order chi connectivity index (χ0) is 16.3. The molecule has 0 radical (unpaired) electrons. The standard InChI is InChI=1S/C15H27NO5S/c1-11(9-21-13-5-3-4-6-13)10-22(19,20)16-7-12(2)14(8-16)15(17)18/h11-14H,3-10H2,1-2H3,(H,17,18)/t11?,12-,14-/m1/s1. The second-order valence-corrected chi connectivity index (χ2v) is 8.88. The number of nitrogens with zero attached hydrogens (tertiary/aromatic N) is 1. The molecule has 0 bridgehead atoms. The molecule has 1 aliphatic carbocycles. The Morgan fingerprint density at radius 1 is 1.32 bits per heavy atom. The number of rotatable bonds is 7. The number of carboxylic acid groups (broad SMARTS) is 1. The first-order chi connectivity index (χ1) is 10.3. The molecule has 1 aliphatic heterocycles. The Hall–Kier alpha value is -0.660. The molecule has 0 aromatic carbocycles. The smallest absolute Gasteiger partial charge is 0.308 e. The monoisotopic (exact) mass is 333 g/mol. The maximum atomic E-state index is 12.4. The maximum Gasteiger partial charge on any atom is 0.308 e. The van der Waals surface area contributed by atoms with Crippen molar-refractivity contribution in [3.05, 3.63) is 0 Å². The summed E-state index contributed by atoms with van der Waals surface area (Å²) in [5, 5.41) is 9.11. The highest BCUT2D eigenvalue weighted by molar-refractivity contribution is 7.89. The quantitative estimate of drug-likeness (QED) is 0.764. The van der Waals surface area contributed by atoms with Crippen molar-refractivity contribution in [1.29, 1.82) is 0 Å². The summed E-state index contributed by atoms with van der Waals surface area (Å²) in [5.41, 5.74) is 0. The Kier molecular flexibility index (Phi) is 5.85. The van der Waals surface area contributed by atoms with Crippen LogP contribution < -0.4 is 0 Å². The van der Waals surface area contributed by atoms with Gasteiger partial charge in [-0.2, -0.15) is 0 Å². The van der Waals surface area contributed by atoms with Gasteiger partial charge in [-0.15, -0.1) is 0 Å². The van der Waals surface area contributed by atoms with Gasteiger partial charge in [-0.05, 0) is 24.7 Å². The van der Waals surface area contributed by atoms with E-state index in [1.165, 1.54) is 17.1 Å². The van der Waals surface area contributed by atoms with E-state index in [0.717, 1.165) is 12.8 Å². The number of sulfonamides is 1. The Labute approximate surface area is 132 Å². The summed E-state index contributed by atoms with van der Waals surface area (Å²) in [6.07, 6.45) is 4.82. The molecule has 1 saturated heterocycles. The second kappa shape index (κ2) is 7.27. The van der Waals surface area contributed by atoms with E-state index < -0.39 is 21.9 Å². The molecule has 128 valence electrons. The molecule has 2 fully saturated rings. The van der Waals surface area contributed by atoms with Crippen molar-refractivity contribution >= 4 is 16.0 Å². The van der Waals surface area contributed by atoms with E-state index in [0.29, 0.717) is 13.2 Å². The summed E-state index contributed by atoms with van der Waals surface area (Å²) in [6, 6.07) is 0. The largest absolute Gasteiger partial charge is 0.481 e. The Morgan fingerprint density at radius 3 is 2.50 bits per heavy atom. The first kappa shape index (κ1) is 17.7. The van der Waals surface area contributed by atoms with Crippen LogP contribution in [0.25, 0.3) is 0 Å². The van der Waals surface area contributed by atoms with Crippen molar-refractivity contribution in [2.75, 3.05) is 25.4 Å². The number of carboxylic acids is 1. The van der Waals surface area contributed by atoms with Crippen LogP contribution in [0.1, 0.15) is 39.5 Å². The van der Waals surface area contributed by atoms with Crippen molar-refractivity contribution in [3.8, 4) is 0 Å². The fourth-order valence-electron chi connectivity index (χ4n) is 3.34. The molecule has 22 heavy (non-hydrogen) atoms. The summed E-state index contributed by atoms with van der Waals surface area (Å²) >= 11 is 0. The SMILES string of the molecule is CC(COC1CCCC1)CS(=O)(=O)N1C[C@@H](C)[C@H](C(=O)O)C1. The van der Waals surface area contributed by atoms with E-state index in [2.05, 4.69) is 0 Å². The molecule has 0 aromatic heterocycles. The van der Waals surface area contributed by atoms with Gasteiger partial charge < -0.3 is 9.84 Å². The van der Waals surface area contributed by atoms with Crippen molar-refractivity contribution in [2.24, 2.45) is 17.8 Å². The summed E-state index contributed by atoms with van der Waals surface area (Å²) < 4.78 is 32.0. The molecule has 0 amide bonds. The predicted octanol–water partition coefficient (Wildman–Crippen LogP) is 1.56. The van der Waals surface area contributed by atoms with E-state index in [1.807, 2.05) is 6.92 Å². The molecule has 1 N–H and O–H groups in total. The fourth-order valence-corrected chi connectivity index (χ4v) is 5.22. The topological polar surface area (TPSA) is 83.9 Å². The van der Waals surface area contributed by atoms with Crippen LogP contribution in [0.3, 0.4) is 0 Å². The lowest BCUT2D eigenvalue weighted by Crippen LogP contribution is -2.35. The van der Waals surface area contributed by atoms with Gasteiger partial charge in [0.15, 0.2) is 0 Å². The van der Waals surface area contributed by atoms with Gasteiger partial charge in [0.2, 0.25) is 10.0 Å². The van der Waals surface area contributed by atoms with Gasteiger partial charge in [-0.1, -0.05) is 26.7 Å². The van der Waals surface area contributed by atoms with Gasteiger partial charge in [0.05, 0.1) is 24.4 Å². The van der Waals surface area contributed by atoms with Gasteiger partial charge in [-0.3, -0.25) is 4.79 Å². The highest BCUT2D eigenvalue weighted by atomic mass is 32.2. The molecular weight excluding hydrogens is 306 g/mol. The van der Waals surface area contributed by atoms with E-state index in [-0.39, 0.29) is 30.2 Å². The van der Waals surface area contributed by atoms with Gasteiger partial charge in [0.1, 0.15) is 0 Å². The Bertz CT molecular complexity index is 486. The van der Waals surface area contributed by atoms with Crippen LogP contribution in [0, 0.1) is 17.8 Å². The van der Waals surface area contributed by atoms with Crippen LogP contribution in [0.4, 0.5) is 0 Å². The van der Waals surface area contributed by atoms with Crippen LogP contribution >= 0.6 is 0 Å². The lowest BCUT2D eigenvalue weighted by molar-refractivity contribution is -0.142. The summed E-state index contributed by atoms with van der Waals surface area (Å²) in [6.45, 7) is 4.52. The number of ether oxygens (including phenoxy) is 1. The number of hydrogen-bond acceptors (Lipinski definition) is 4. The van der Waals surface area contributed by atoms with Gasteiger partial charge >= 0.3 is 5.97 Å². The van der Waals surface area contributed by atoms with Crippen LogP contribution in [0.5, 0.6) is 0 Å². The van der Waals surface area contributed by atoms with Crippen LogP contribution in [-0.4, -0.2) is 55.4 Å². The number of carbonyl (C=O) groups is 1. The zero-order valence-electron chi connectivity index (χ0n) is 13.4. The average Bonchev–Trinajstić information content (AvgIpc) is 3.04. The minimum absolute atomic E-state index is 0.0266. The highest BCUT2D eigenvalue weighted by Crippen LogP contribution is 2.27. The summed E-state index contributed by atoms with van der Waals surface area (Å²) in [5.74, 6) is -1.71. The molecule has 0 spiro atoms. The zero-order valence-corrected chi connectivity index (χ0v) is 14.2. The number of hydrogen-bond donors (Lipinski definition) is 1. The fraction of sp³-hybridized carbons (Fsp3) is 0.933. The Morgan fingerprint density at radius 2 is 1.95 bits per heavy atom. The van der Waals surface area contributed by atoms with Gasteiger partial charge in [0.25, 0.3) is 0 Å². The molecule has 2 rings (SSSR count). The first-order valence-corrected chi connectivity index (χ1v) is 9.72. The van der Waals surface area contributed by atoms with E-state index in [1.54, 1.807) is 6.92 Å². The lowest BCUT2D eigenvalue weighted by Gasteiger charge is -2.20. The molecule has 1 saturated carbocycles. The third-order valence-electron chi connectivity index (χ3n) is 4.70. The molecule has 7 heteroatoms. The normalized spacial score (nSPS) is 29.0. The van der Waals surface area contributed by atoms with Crippen LogP contribution in [0.15, 0.2) is 0 Å². The lowest BCUT2D eigenvalue weighted by atomic mass is 9.99. The molecule has 6 nitrogen and oxygen atoms in total. The third-order valence-corrected chi connectivity index (χ3v) is 6.78. The first-order valence-electron chi connectivity index (χ1n) is 8.12. The molecule has 1 unspecified atom stereocenters. The average molecular weight is 333 g/mol. The van der Waals surface area contributed by atoms with Crippen molar-refractivity contribution in [1.82, 2.24) is 4.31 Å².